The minimum absolute atomic E-state index is 0.0378. The Kier molecular flexibility index (Phi) is 4.34. The van der Waals surface area contributed by atoms with E-state index >= 15 is 0 Å². The largest absolute Gasteiger partial charge is 0.354 e. The minimum Gasteiger partial charge on any atom is -0.354 e. The molecule has 1 aromatic rings. The molecule has 2 N–H and O–H groups in total. The van der Waals surface area contributed by atoms with Gasteiger partial charge in [-0.2, -0.15) is 0 Å². The number of urea groups is 1. The standard InChI is InChI=1S/C14H17N3O3/c1-10-2-4-11(5-3-10)8-12(18)15-6-7-17-13(19)9-16-14(17)20/h2-5H,6-9H2,1H3,(H,15,18)(H,16,20). The SMILES string of the molecule is Cc1ccc(CC(=O)NCCN2C(=O)CNC2=O)cc1. The fraction of sp³-hybridized carbons (Fsp3) is 0.357. The Morgan fingerprint density at radius 1 is 1.30 bits per heavy atom. The number of hydrogen-bond acceptors (Lipinski definition) is 3. The van der Waals surface area contributed by atoms with Gasteiger partial charge in [0.25, 0.3) is 0 Å². The summed E-state index contributed by atoms with van der Waals surface area (Å²) in [5.41, 5.74) is 2.08. The molecule has 0 saturated carbocycles. The zero-order valence-electron chi connectivity index (χ0n) is 11.3. The Labute approximate surface area is 117 Å². The zero-order valence-corrected chi connectivity index (χ0v) is 11.3. The second-order valence-corrected chi connectivity index (χ2v) is 4.72. The summed E-state index contributed by atoms with van der Waals surface area (Å²) in [6.45, 7) is 2.49. The van der Waals surface area contributed by atoms with Crippen LogP contribution in [0.3, 0.4) is 0 Å². The molecule has 0 aromatic heterocycles. The molecule has 1 fully saturated rings. The Morgan fingerprint density at radius 3 is 2.60 bits per heavy atom. The third kappa shape index (κ3) is 3.57. The topological polar surface area (TPSA) is 78.5 Å². The van der Waals surface area contributed by atoms with E-state index in [1.807, 2.05) is 31.2 Å². The van der Waals surface area contributed by atoms with Crippen LogP contribution >= 0.6 is 0 Å². The predicted octanol–water partition coefficient (Wildman–Crippen LogP) is 0.206. The highest BCUT2D eigenvalue weighted by Gasteiger charge is 2.27. The summed E-state index contributed by atoms with van der Waals surface area (Å²) in [6, 6.07) is 7.33. The molecule has 6 nitrogen and oxygen atoms in total. The third-order valence-electron chi connectivity index (χ3n) is 3.08. The van der Waals surface area contributed by atoms with E-state index in [1.165, 1.54) is 0 Å². The highest BCUT2D eigenvalue weighted by Crippen LogP contribution is 2.03. The summed E-state index contributed by atoms with van der Waals surface area (Å²) in [5.74, 6) is -0.385. The lowest BCUT2D eigenvalue weighted by atomic mass is 10.1. The van der Waals surface area contributed by atoms with Crippen LogP contribution in [-0.2, 0) is 16.0 Å². The molecule has 0 bridgehead atoms. The number of carbonyl (C=O) groups is 3. The van der Waals surface area contributed by atoms with Crippen molar-refractivity contribution in [2.45, 2.75) is 13.3 Å². The van der Waals surface area contributed by atoms with Crippen molar-refractivity contribution in [1.82, 2.24) is 15.5 Å². The van der Waals surface area contributed by atoms with Gasteiger partial charge in [-0.3, -0.25) is 14.5 Å². The van der Waals surface area contributed by atoms with Crippen molar-refractivity contribution >= 4 is 17.8 Å². The molecule has 0 aliphatic carbocycles. The van der Waals surface area contributed by atoms with Gasteiger partial charge < -0.3 is 10.6 Å². The van der Waals surface area contributed by atoms with Gasteiger partial charge in [0.1, 0.15) is 0 Å². The number of rotatable bonds is 5. The number of amides is 4. The van der Waals surface area contributed by atoms with E-state index in [4.69, 9.17) is 0 Å². The molecule has 2 rings (SSSR count). The van der Waals surface area contributed by atoms with Crippen molar-refractivity contribution in [2.24, 2.45) is 0 Å². The lowest BCUT2D eigenvalue weighted by Gasteiger charge is -2.12. The average Bonchev–Trinajstić information content (AvgIpc) is 2.73. The van der Waals surface area contributed by atoms with Gasteiger partial charge in [-0.25, -0.2) is 4.79 Å². The Hall–Kier alpha value is -2.37. The molecule has 1 saturated heterocycles. The first-order valence-electron chi connectivity index (χ1n) is 6.46. The lowest BCUT2D eigenvalue weighted by molar-refractivity contribution is -0.125. The van der Waals surface area contributed by atoms with E-state index in [0.29, 0.717) is 6.42 Å². The van der Waals surface area contributed by atoms with E-state index < -0.39 is 6.03 Å². The molecule has 1 aliphatic heterocycles. The van der Waals surface area contributed by atoms with E-state index in [0.717, 1.165) is 16.0 Å². The van der Waals surface area contributed by atoms with Gasteiger partial charge in [0.05, 0.1) is 13.0 Å². The van der Waals surface area contributed by atoms with Crippen molar-refractivity contribution in [3.8, 4) is 0 Å². The van der Waals surface area contributed by atoms with Crippen LogP contribution in [0, 0.1) is 6.92 Å². The van der Waals surface area contributed by atoms with Gasteiger partial charge in [0.15, 0.2) is 0 Å². The number of aryl methyl sites for hydroxylation is 1. The average molecular weight is 275 g/mol. The first-order chi connectivity index (χ1) is 9.56. The predicted molar refractivity (Wildman–Crippen MR) is 73.0 cm³/mol. The maximum absolute atomic E-state index is 11.7. The number of carbonyl (C=O) groups excluding carboxylic acids is 3. The monoisotopic (exact) mass is 275 g/mol. The van der Waals surface area contributed by atoms with Gasteiger partial charge in [0.2, 0.25) is 11.8 Å². The van der Waals surface area contributed by atoms with Gasteiger partial charge >= 0.3 is 6.03 Å². The van der Waals surface area contributed by atoms with Gasteiger partial charge in [0, 0.05) is 13.1 Å². The number of nitrogens with one attached hydrogen (secondary N) is 2. The normalized spacial score (nSPS) is 14.3. The van der Waals surface area contributed by atoms with Crippen LogP contribution in [0.4, 0.5) is 4.79 Å². The molecule has 4 amide bonds. The van der Waals surface area contributed by atoms with Crippen molar-refractivity contribution in [3.63, 3.8) is 0 Å². The van der Waals surface area contributed by atoms with Crippen LogP contribution < -0.4 is 10.6 Å². The molecule has 106 valence electrons. The first kappa shape index (κ1) is 14.0. The van der Waals surface area contributed by atoms with E-state index in [2.05, 4.69) is 10.6 Å². The van der Waals surface area contributed by atoms with Crippen LogP contribution in [0.25, 0.3) is 0 Å². The molecule has 1 aliphatic rings. The van der Waals surface area contributed by atoms with Crippen LogP contribution in [0.2, 0.25) is 0 Å². The summed E-state index contributed by atoms with van der Waals surface area (Å²) >= 11 is 0. The smallest absolute Gasteiger partial charge is 0.324 e. The maximum Gasteiger partial charge on any atom is 0.324 e. The number of benzene rings is 1. The molecule has 1 heterocycles. The third-order valence-corrected chi connectivity index (χ3v) is 3.08. The molecule has 0 radical (unpaired) electrons. The minimum atomic E-state index is -0.400. The van der Waals surface area contributed by atoms with Crippen LogP contribution in [0.1, 0.15) is 11.1 Å². The second kappa shape index (κ2) is 6.18. The quantitative estimate of drug-likeness (QED) is 0.754. The summed E-state index contributed by atoms with van der Waals surface area (Å²) in [6.07, 6.45) is 0.292. The van der Waals surface area contributed by atoms with E-state index in [-0.39, 0.29) is 31.4 Å². The lowest BCUT2D eigenvalue weighted by Crippen LogP contribution is -2.39. The molecule has 1 aromatic carbocycles. The summed E-state index contributed by atoms with van der Waals surface area (Å²) in [7, 11) is 0. The second-order valence-electron chi connectivity index (χ2n) is 4.72. The van der Waals surface area contributed by atoms with Crippen LogP contribution in [0.15, 0.2) is 24.3 Å². The molecule has 0 atom stereocenters. The van der Waals surface area contributed by atoms with Crippen molar-refractivity contribution in [1.29, 1.82) is 0 Å². The van der Waals surface area contributed by atoms with Crippen molar-refractivity contribution < 1.29 is 14.4 Å². The van der Waals surface area contributed by atoms with Gasteiger partial charge in [-0.1, -0.05) is 29.8 Å². The molecule has 6 heteroatoms. The fourth-order valence-corrected chi connectivity index (χ4v) is 1.94. The molecule has 20 heavy (non-hydrogen) atoms. The van der Waals surface area contributed by atoms with Gasteiger partial charge in [-0.15, -0.1) is 0 Å². The maximum atomic E-state index is 11.7. The molecule has 0 unspecified atom stereocenters. The number of hydrogen-bond donors (Lipinski definition) is 2. The van der Waals surface area contributed by atoms with Crippen LogP contribution in [0.5, 0.6) is 0 Å². The first-order valence-corrected chi connectivity index (χ1v) is 6.46. The Bertz CT molecular complexity index is 509. The zero-order chi connectivity index (χ0) is 14.5. The summed E-state index contributed by atoms with van der Waals surface area (Å²) in [5, 5.41) is 5.13. The van der Waals surface area contributed by atoms with Gasteiger partial charge in [-0.05, 0) is 12.5 Å². The molecule has 0 spiro atoms. The molecular formula is C14H17N3O3. The van der Waals surface area contributed by atoms with Crippen molar-refractivity contribution in [2.75, 3.05) is 19.6 Å². The Morgan fingerprint density at radius 2 is 2.00 bits per heavy atom. The fourth-order valence-electron chi connectivity index (χ4n) is 1.94. The van der Waals surface area contributed by atoms with E-state index in [9.17, 15) is 14.4 Å². The number of imide groups is 1. The summed E-state index contributed by atoms with van der Waals surface area (Å²) < 4.78 is 0. The van der Waals surface area contributed by atoms with Crippen LogP contribution in [-0.4, -0.2) is 42.4 Å². The summed E-state index contributed by atoms with van der Waals surface area (Å²) in [4.78, 5) is 35.4. The van der Waals surface area contributed by atoms with Crippen molar-refractivity contribution in [3.05, 3.63) is 35.4 Å². The van der Waals surface area contributed by atoms with E-state index in [1.54, 1.807) is 0 Å². The highest BCUT2D eigenvalue weighted by molar-refractivity contribution is 6.01. The Balaban J connectivity index is 1.74. The molecular weight excluding hydrogens is 258 g/mol. The highest BCUT2D eigenvalue weighted by atomic mass is 16.2. The number of nitrogens with zero attached hydrogens (tertiary/aromatic N) is 1.